The van der Waals surface area contributed by atoms with Crippen LogP contribution >= 0.6 is 15.9 Å². The molecule has 1 aromatic carbocycles. The number of nitrogens with one attached hydrogen (secondary N) is 2. The Morgan fingerprint density at radius 3 is 2.56 bits per heavy atom. The van der Waals surface area contributed by atoms with Crippen LogP contribution in [0.3, 0.4) is 0 Å². The highest BCUT2D eigenvalue weighted by Gasteiger charge is 2.37. The third-order valence-electron chi connectivity index (χ3n) is 6.38. The van der Waals surface area contributed by atoms with Gasteiger partial charge in [-0.05, 0) is 62.1 Å². The van der Waals surface area contributed by atoms with E-state index < -0.39 is 12.1 Å². The first kappa shape index (κ1) is 22.8. The maximum Gasteiger partial charge on any atom is 0.408 e. The summed E-state index contributed by atoms with van der Waals surface area (Å²) in [5, 5.41) is 2.84. The minimum Gasteiger partial charge on any atom is -0.446 e. The number of H-pyrrole nitrogens is 1. The van der Waals surface area contributed by atoms with Gasteiger partial charge in [-0.1, -0.05) is 41.9 Å². The highest BCUT2D eigenvalue weighted by atomic mass is 79.9. The van der Waals surface area contributed by atoms with Crippen LogP contribution in [-0.2, 0) is 9.53 Å². The van der Waals surface area contributed by atoms with Crippen LogP contribution in [0.5, 0.6) is 0 Å². The van der Waals surface area contributed by atoms with Gasteiger partial charge in [0.05, 0.1) is 17.9 Å². The summed E-state index contributed by atoms with van der Waals surface area (Å²) in [5.74, 6) is 0.659. The Balaban J connectivity index is 1.45. The molecule has 2 fully saturated rings. The van der Waals surface area contributed by atoms with Gasteiger partial charge < -0.3 is 19.9 Å². The summed E-state index contributed by atoms with van der Waals surface area (Å²) in [6, 6.07) is 7.28. The quantitative estimate of drug-likeness (QED) is 0.568. The summed E-state index contributed by atoms with van der Waals surface area (Å²) < 4.78 is 6.55. The van der Waals surface area contributed by atoms with Crippen LogP contribution in [0.25, 0.3) is 11.3 Å². The van der Waals surface area contributed by atoms with Crippen LogP contribution in [0, 0.1) is 5.92 Å². The van der Waals surface area contributed by atoms with Crippen LogP contribution in [0.2, 0.25) is 0 Å². The first-order valence-electron chi connectivity index (χ1n) is 11.5. The van der Waals surface area contributed by atoms with Gasteiger partial charge in [0.25, 0.3) is 0 Å². The summed E-state index contributed by atoms with van der Waals surface area (Å²) in [6.07, 6.45) is 7.03. The van der Waals surface area contributed by atoms with E-state index in [1.165, 1.54) is 0 Å². The van der Waals surface area contributed by atoms with Gasteiger partial charge in [-0.25, -0.2) is 9.78 Å². The molecule has 0 radical (unpaired) electrons. The number of ether oxygens (including phenoxy) is 1. The molecule has 2 N–H and O–H groups in total. The van der Waals surface area contributed by atoms with Gasteiger partial charge in [0, 0.05) is 11.0 Å². The molecule has 2 aromatic rings. The molecule has 1 aliphatic heterocycles. The predicted octanol–water partition coefficient (Wildman–Crippen LogP) is 5.20. The van der Waals surface area contributed by atoms with Crippen molar-refractivity contribution in [1.82, 2.24) is 20.2 Å². The Kier molecular flexibility index (Phi) is 7.18. The van der Waals surface area contributed by atoms with Crippen molar-refractivity contribution in [2.24, 2.45) is 5.92 Å². The third-order valence-corrected chi connectivity index (χ3v) is 6.91. The summed E-state index contributed by atoms with van der Waals surface area (Å²) in [7, 11) is 0. The fraction of sp³-hybridized carbons (Fsp3) is 0.542. The number of nitrogens with zero attached hydrogens (tertiary/aromatic N) is 2. The second-order valence-electron chi connectivity index (χ2n) is 9.06. The molecule has 2 atom stereocenters. The second-order valence-corrected chi connectivity index (χ2v) is 9.97. The zero-order valence-electron chi connectivity index (χ0n) is 18.6. The number of hydrogen-bond acceptors (Lipinski definition) is 4. The van der Waals surface area contributed by atoms with E-state index in [-0.39, 0.29) is 24.0 Å². The van der Waals surface area contributed by atoms with Crippen LogP contribution in [-0.4, -0.2) is 45.6 Å². The molecular formula is C24H31BrN4O3. The Bertz CT molecular complexity index is 937. The number of benzene rings is 1. The highest BCUT2D eigenvalue weighted by Crippen LogP contribution is 2.33. The SMILES string of the molecule is CC(C)C(NC(=O)OC1CCCC1)C(=O)N1CCC[C@H]1c1ncc(-c2ccc(Br)cc2)[nH]1. The molecule has 172 valence electrons. The lowest BCUT2D eigenvalue weighted by Crippen LogP contribution is -2.51. The molecule has 7 nitrogen and oxygen atoms in total. The minimum atomic E-state index is -0.620. The van der Waals surface area contributed by atoms with Crippen molar-refractivity contribution in [3.8, 4) is 11.3 Å². The number of aromatic nitrogens is 2. The molecule has 0 spiro atoms. The third kappa shape index (κ3) is 5.17. The normalized spacial score (nSPS) is 20.0. The molecule has 32 heavy (non-hydrogen) atoms. The fourth-order valence-corrected chi connectivity index (χ4v) is 4.87. The van der Waals surface area contributed by atoms with Crippen LogP contribution < -0.4 is 5.32 Å². The Morgan fingerprint density at radius 1 is 1.16 bits per heavy atom. The number of carbonyl (C=O) groups is 2. The summed E-state index contributed by atoms with van der Waals surface area (Å²) in [5.41, 5.74) is 1.96. The Hall–Kier alpha value is -2.35. The van der Waals surface area contributed by atoms with Gasteiger partial charge in [0.2, 0.25) is 5.91 Å². The van der Waals surface area contributed by atoms with Crippen LogP contribution in [0.15, 0.2) is 34.9 Å². The average molecular weight is 503 g/mol. The van der Waals surface area contributed by atoms with E-state index in [0.29, 0.717) is 6.54 Å². The number of halogens is 1. The largest absolute Gasteiger partial charge is 0.446 e. The van der Waals surface area contributed by atoms with Gasteiger partial charge in [-0.3, -0.25) is 4.79 Å². The summed E-state index contributed by atoms with van der Waals surface area (Å²) in [4.78, 5) is 35.8. The standard InChI is InChI=1S/C24H31BrN4O3/c1-15(2)21(28-24(31)32-18-6-3-4-7-18)23(30)29-13-5-8-20(29)22-26-14-19(27-22)16-9-11-17(25)12-10-16/h9-12,14-15,18,20-21H,3-8,13H2,1-2H3,(H,26,27)(H,28,31)/t20-,21?/m0/s1. The molecule has 1 saturated carbocycles. The zero-order chi connectivity index (χ0) is 22.7. The molecule has 2 aliphatic rings. The van der Waals surface area contributed by atoms with Crippen molar-refractivity contribution in [2.75, 3.05) is 6.54 Å². The maximum atomic E-state index is 13.5. The van der Waals surface area contributed by atoms with E-state index >= 15 is 0 Å². The van der Waals surface area contributed by atoms with Gasteiger partial charge in [0.1, 0.15) is 18.0 Å². The molecule has 0 bridgehead atoms. The smallest absolute Gasteiger partial charge is 0.408 e. The highest BCUT2D eigenvalue weighted by molar-refractivity contribution is 9.10. The molecule has 2 heterocycles. The molecule has 1 saturated heterocycles. The summed E-state index contributed by atoms with van der Waals surface area (Å²) in [6.45, 7) is 4.55. The van der Waals surface area contributed by atoms with Gasteiger partial charge in [-0.15, -0.1) is 0 Å². The lowest BCUT2D eigenvalue weighted by molar-refractivity contribution is -0.135. The lowest BCUT2D eigenvalue weighted by atomic mass is 10.0. The van der Waals surface area contributed by atoms with Crippen molar-refractivity contribution >= 4 is 27.9 Å². The van der Waals surface area contributed by atoms with Gasteiger partial charge in [0.15, 0.2) is 0 Å². The predicted molar refractivity (Wildman–Crippen MR) is 126 cm³/mol. The van der Waals surface area contributed by atoms with E-state index in [4.69, 9.17) is 4.74 Å². The van der Waals surface area contributed by atoms with Crippen molar-refractivity contribution in [3.05, 3.63) is 40.8 Å². The first-order valence-corrected chi connectivity index (χ1v) is 12.3. The van der Waals surface area contributed by atoms with Crippen molar-refractivity contribution < 1.29 is 14.3 Å². The second kappa shape index (κ2) is 10.1. The number of amides is 2. The number of alkyl carbamates (subject to hydrolysis) is 1. The molecule has 8 heteroatoms. The fourth-order valence-electron chi connectivity index (χ4n) is 4.61. The monoisotopic (exact) mass is 502 g/mol. The van der Waals surface area contributed by atoms with Gasteiger partial charge >= 0.3 is 6.09 Å². The van der Waals surface area contributed by atoms with Crippen LogP contribution in [0.1, 0.15) is 64.2 Å². The van der Waals surface area contributed by atoms with Crippen molar-refractivity contribution in [1.29, 1.82) is 0 Å². The lowest BCUT2D eigenvalue weighted by Gasteiger charge is -2.30. The Morgan fingerprint density at radius 2 is 1.88 bits per heavy atom. The van der Waals surface area contributed by atoms with E-state index in [9.17, 15) is 9.59 Å². The van der Waals surface area contributed by atoms with Crippen LogP contribution in [0.4, 0.5) is 4.79 Å². The topological polar surface area (TPSA) is 87.3 Å². The van der Waals surface area contributed by atoms with Crippen molar-refractivity contribution in [2.45, 2.75) is 70.6 Å². The minimum absolute atomic E-state index is 0.0300. The number of rotatable bonds is 6. The zero-order valence-corrected chi connectivity index (χ0v) is 20.2. The average Bonchev–Trinajstić information content (AvgIpc) is 3.52. The van der Waals surface area contributed by atoms with Crippen molar-refractivity contribution in [3.63, 3.8) is 0 Å². The molecular weight excluding hydrogens is 472 g/mol. The molecule has 1 aliphatic carbocycles. The van der Waals surface area contributed by atoms with E-state index in [0.717, 1.165) is 60.1 Å². The Labute approximate surface area is 197 Å². The first-order chi connectivity index (χ1) is 15.4. The molecule has 1 unspecified atom stereocenters. The molecule has 1 aromatic heterocycles. The number of carbonyl (C=O) groups excluding carboxylic acids is 2. The number of hydrogen-bond donors (Lipinski definition) is 2. The van der Waals surface area contributed by atoms with E-state index in [1.54, 1.807) is 0 Å². The maximum absolute atomic E-state index is 13.5. The number of aromatic amines is 1. The van der Waals surface area contributed by atoms with E-state index in [2.05, 4.69) is 31.2 Å². The van der Waals surface area contributed by atoms with Gasteiger partial charge in [-0.2, -0.15) is 0 Å². The summed E-state index contributed by atoms with van der Waals surface area (Å²) >= 11 is 3.46. The number of imidazole rings is 1. The van der Waals surface area contributed by atoms with E-state index in [1.807, 2.05) is 49.2 Å². The molecule has 4 rings (SSSR count). The number of likely N-dealkylation sites (tertiary alicyclic amines) is 1. The molecule has 2 amide bonds.